The molecule has 0 saturated carbocycles. The van der Waals surface area contributed by atoms with Crippen molar-refractivity contribution in [3.63, 3.8) is 0 Å². The minimum Gasteiger partial charge on any atom is -0.396 e. The Bertz CT molecular complexity index is 194. The number of hydrogen-bond donors (Lipinski definition) is 0. The van der Waals surface area contributed by atoms with E-state index in [1.54, 1.807) is 0 Å². The van der Waals surface area contributed by atoms with Crippen LogP contribution in [0.2, 0.25) is 0 Å². The highest BCUT2D eigenvalue weighted by Gasteiger charge is 2.27. The smallest absolute Gasteiger partial charge is 0.114 e. The zero-order valence-electron chi connectivity index (χ0n) is 9.13. The third-order valence-electron chi connectivity index (χ3n) is 2.32. The summed E-state index contributed by atoms with van der Waals surface area (Å²) in [5, 5.41) is 4.08. The average molecular weight is 184 g/mol. The van der Waals surface area contributed by atoms with Gasteiger partial charge in [0.05, 0.1) is 5.71 Å². The molecule has 1 saturated heterocycles. The second-order valence-corrected chi connectivity index (χ2v) is 4.42. The van der Waals surface area contributed by atoms with E-state index in [2.05, 4.69) is 30.8 Å². The Kier molecular flexibility index (Phi) is 3.31. The van der Waals surface area contributed by atoms with Gasteiger partial charge >= 0.3 is 0 Å². The second kappa shape index (κ2) is 4.09. The van der Waals surface area contributed by atoms with Crippen LogP contribution in [0.4, 0.5) is 0 Å². The number of hydrogen-bond acceptors (Lipinski definition) is 3. The first-order valence-corrected chi connectivity index (χ1v) is 4.97. The highest BCUT2D eigenvalue weighted by molar-refractivity contribution is 5.87. The van der Waals surface area contributed by atoms with Crippen molar-refractivity contribution in [2.45, 2.75) is 39.7 Å². The molecule has 1 fully saturated rings. The average Bonchev–Trinajstić information content (AvgIpc) is 2.47. The molecule has 0 aromatic rings. The minimum absolute atomic E-state index is 0.253. The van der Waals surface area contributed by atoms with E-state index < -0.39 is 0 Å². The molecule has 0 aromatic heterocycles. The van der Waals surface area contributed by atoms with E-state index >= 15 is 0 Å². The van der Waals surface area contributed by atoms with Crippen LogP contribution in [0.3, 0.4) is 0 Å². The summed E-state index contributed by atoms with van der Waals surface area (Å²) in [6.07, 6.45) is 1.05. The Balaban J connectivity index is 2.45. The summed E-state index contributed by atoms with van der Waals surface area (Å²) < 4.78 is 0. The summed E-state index contributed by atoms with van der Waals surface area (Å²) in [4.78, 5) is 7.46. The van der Waals surface area contributed by atoms with Crippen molar-refractivity contribution in [2.24, 2.45) is 5.16 Å². The molecule has 3 nitrogen and oxygen atoms in total. The lowest BCUT2D eigenvalue weighted by Gasteiger charge is -2.30. The SMILES string of the molecule is CCO/N=C1/CCN(C(C)(C)C)C1. The van der Waals surface area contributed by atoms with Gasteiger partial charge in [-0.2, -0.15) is 0 Å². The molecular formula is C10H20N2O. The van der Waals surface area contributed by atoms with Crippen molar-refractivity contribution in [3.05, 3.63) is 0 Å². The molecular weight excluding hydrogens is 164 g/mol. The molecule has 0 spiro atoms. The zero-order valence-corrected chi connectivity index (χ0v) is 9.13. The lowest BCUT2D eigenvalue weighted by atomic mass is 10.1. The van der Waals surface area contributed by atoms with Crippen molar-refractivity contribution in [1.82, 2.24) is 4.90 Å². The highest BCUT2D eigenvalue weighted by atomic mass is 16.6. The molecule has 0 aliphatic carbocycles. The molecule has 0 atom stereocenters. The van der Waals surface area contributed by atoms with Gasteiger partial charge in [-0.15, -0.1) is 0 Å². The van der Waals surface area contributed by atoms with Gasteiger partial charge in [0.1, 0.15) is 6.61 Å². The van der Waals surface area contributed by atoms with Gasteiger partial charge in [-0.25, -0.2) is 0 Å². The molecule has 1 rings (SSSR count). The Morgan fingerprint density at radius 1 is 1.46 bits per heavy atom. The molecule has 0 radical (unpaired) electrons. The van der Waals surface area contributed by atoms with Gasteiger partial charge in [0.15, 0.2) is 0 Å². The summed E-state index contributed by atoms with van der Waals surface area (Å²) in [5.74, 6) is 0. The Morgan fingerprint density at radius 2 is 2.15 bits per heavy atom. The van der Waals surface area contributed by atoms with Gasteiger partial charge in [0.2, 0.25) is 0 Å². The fourth-order valence-corrected chi connectivity index (χ4v) is 1.45. The molecule has 1 aliphatic rings. The van der Waals surface area contributed by atoms with E-state index in [1.807, 2.05) is 6.92 Å². The van der Waals surface area contributed by atoms with Crippen molar-refractivity contribution in [1.29, 1.82) is 0 Å². The van der Waals surface area contributed by atoms with Gasteiger partial charge in [0, 0.05) is 25.0 Å². The van der Waals surface area contributed by atoms with E-state index in [1.165, 1.54) is 5.71 Å². The predicted molar refractivity (Wildman–Crippen MR) is 55.0 cm³/mol. The van der Waals surface area contributed by atoms with Crippen LogP contribution in [-0.2, 0) is 4.84 Å². The molecule has 13 heavy (non-hydrogen) atoms. The van der Waals surface area contributed by atoms with E-state index in [4.69, 9.17) is 4.84 Å². The molecule has 3 heteroatoms. The van der Waals surface area contributed by atoms with E-state index in [-0.39, 0.29) is 5.54 Å². The Hall–Kier alpha value is -0.570. The van der Waals surface area contributed by atoms with Crippen LogP contribution >= 0.6 is 0 Å². The highest BCUT2D eigenvalue weighted by Crippen LogP contribution is 2.18. The maximum atomic E-state index is 5.04. The van der Waals surface area contributed by atoms with E-state index in [0.29, 0.717) is 6.61 Å². The number of oxime groups is 1. The molecule has 1 aliphatic heterocycles. The van der Waals surface area contributed by atoms with E-state index in [0.717, 1.165) is 19.5 Å². The standard InChI is InChI=1S/C10H20N2O/c1-5-13-11-9-6-7-12(8-9)10(2,3)4/h5-8H2,1-4H3/b11-9-. The maximum Gasteiger partial charge on any atom is 0.114 e. The second-order valence-electron chi connectivity index (χ2n) is 4.42. The largest absolute Gasteiger partial charge is 0.396 e. The Morgan fingerprint density at radius 3 is 2.62 bits per heavy atom. The van der Waals surface area contributed by atoms with Crippen molar-refractivity contribution in [3.8, 4) is 0 Å². The summed E-state index contributed by atoms with van der Waals surface area (Å²) in [7, 11) is 0. The van der Waals surface area contributed by atoms with Crippen LogP contribution in [0.25, 0.3) is 0 Å². The molecule has 0 N–H and O–H groups in total. The first-order chi connectivity index (χ1) is 6.04. The normalized spacial score (nSPS) is 22.6. The van der Waals surface area contributed by atoms with Crippen LogP contribution in [-0.4, -0.2) is 35.8 Å². The van der Waals surface area contributed by atoms with Gasteiger partial charge in [-0.3, -0.25) is 4.90 Å². The monoisotopic (exact) mass is 184 g/mol. The summed E-state index contributed by atoms with van der Waals surface area (Å²) in [5.41, 5.74) is 1.43. The maximum absolute atomic E-state index is 5.04. The van der Waals surface area contributed by atoms with Gasteiger partial charge < -0.3 is 4.84 Å². The van der Waals surface area contributed by atoms with Crippen molar-refractivity contribution in [2.75, 3.05) is 19.7 Å². The first kappa shape index (κ1) is 10.5. The van der Waals surface area contributed by atoms with Crippen LogP contribution < -0.4 is 0 Å². The number of likely N-dealkylation sites (tertiary alicyclic amines) is 1. The topological polar surface area (TPSA) is 24.8 Å². The van der Waals surface area contributed by atoms with Gasteiger partial charge in [-0.05, 0) is 27.7 Å². The molecule has 76 valence electrons. The molecule has 0 aromatic carbocycles. The van der Waals surface area contributed by atoms with Crippen LogP contribution in [0.15, 0.2) is 5.16 Å². The van der Waals surface area contributed by atoms with Gasteiger partial charge in [-0.1, -0.05) is 5.16 Å². The molecule has 0 amide bonds. The van der Waals surface area contributed by atoms with Crippen molar-refractivity contribution < 1.29 is 4.84 Å². The molecule has 0 unspecified atom stereocenters. The lowest BCUT2D eigenvalue weighted by molar-refractivity contribution is 0.155. The van der Waals surface area contributed by atoms with Crippen LogP contribution in [0, 0.1) is 0 Å². The number of nitrogens with zero attached hydrogens (tertiary/aromatic N) is 2. The predicted octanol–water partition coefficient (Wildman–Crippen LogP) is 1.88. The third kappa shape index (κ3) is 2.99. The van der Waals surface area contributed by atoms with Crippen molar-refractivity contribution >= 4 is 5.71 Å². The number of rotatable bonds is 2. The molecule has 1 heterocycles. The lowest BCUT2D eigenvalue weighted by Crippen LogP contribution is -2.39. The van der Waals surface area contributed by atoms with Crippen LogP contribution in [0.5, 0.6) is 0 Å². The fraction of sp³-hybridized carbons (Fsp3) is 0.900. The summed E-state index contributed by atoms with van der Waals surface area (Å²) in [6, 6.07) is 0. The minimum atomic E-state index is 0.253. The summed E-state index contributed by atoms with van der Waals surface area (Å²) in [6.45, 7) is 11.4. The fourth-order valence-electron chi connectivity index (χ4n) is 1.45. The molecule has 0 bridgehead atoms. The first-order valence-electron chi connectivity index (χ1n) is 4.97. The van der Waals surface area contributed by atoms with E-state index in [9.17, 15) is 0 Å². The third-order valence-corrected chi connectivity index (χ3v) is 2.32. The zero-order chi connectivity index (χ0) is 9.90. The van der Waals surface area contributed by atoms with Gasteiger partial charge in [0.25, 0.3) is 0 Å². The Labute approximate surface area is 80.7 Å². The summed E-state index contributed by atoms with van der Waals surface area (Å²) >= 11 is 0. The quantitative estimate of drug-likeness (QED) is 0.612. The van der Waals surface area contributed by atoms with Crippen LogP contribution in [0.1, 0.15) is 34.1 Å².